The van der Waals surface area contributed by atoms with Gasteiger partial charge in [0, 0.05) is 18.4 Å². The van der Waals surface area contributed by atoms with Crippen molar-refractivity contribution in [3.63, 3.8) is 0 Å². The second kappa shape index (κ2) is 6.97. The molecule has 0 bridgehead atoms. The highest BCUT2D eigenvalue weighted by Crippen LogP contribution is 2.19. The van der Waals surface area contributed by atoms with Gasteiger partial charge in [-0.05, 0) is 24.6 Å². The van der Waals surface area contributed by atoms with Crippen molar-refractivity contribution in [1.82, 2.24) is 4.90 Å². The van der Waals surface area contributed by atoms with E-state index in [0.29, 0.717) is 24.0 Å². The fraction of sp³-hybridized carbons (Fsp3) is 0.417. The first kappa shape index (κ1) is 14.5. The molecule has 0 aliphatic heterocycles. The number of benzene rings is 1. The molecule has 0 heterocycles. The molecule has 0 saturated heterocycles. The molecule has 1 rings (SSSR count). The summed E-state index contributed by atoms with van der Waals surface area (Å²) in [5, 5.41) is 0.864. The van der Waals surface area contributed by atoms with Crippen LogP contribution in [0.2, 0.25) is 5.02 Å². The first-order valence-electron chi connectivity index (χ1n) is 5.40. The lowest BCUT2D eigenvalue weighted by Crippen LogP contribution is -2.33. The summed E-state index contributed by atoms with van der Waals surface area (Å²) in [5.41, 5.74) is 0.350. The van der Waals surface area contributed by atoms with Crippen molar-refractivity contribution in [2.45, 2.75) is 13.3 Å². The van der Waals surface area contributed by atoms with Crippen LogP contribution in [0.3, 0.4) is 0 Å². The Morgan fingerprint density at radius 1 is 1.47 bits per heavy atom. The van der Waals surface area contributed by atoms with Gasteiger partial charge in [-0.2, -0.15) is 0 Å². The summed E-state index contributed by atoms with van der Waals surface area (Å²) >= 11 is 9.17. The van der Waals surface area contributed by atoms with Crippen LogP contribution in [0, 0.1) is 5.82 Å². The molecule has 2 nitrogen and oxygen atoms in total. The van der Waals surface area contributed by atoms with Crippen molar-refractivity contribution in [3.8, 4) is 0 Å². The van der Waals surface area contributed by atoms with E-state index < -0.39 is 5.82 Å². The van der Waals surface area contributed by atoms with Crippen LogP contribution in [0.5, 0.6) is 0 Å². The van der Waals surface area contributed by atoms with Gasteiger partial charge in [0.25, 0.3) is 5.91 Å². The summed E-state index contributed by atoms with van der Waals surface area (Å²) in [4.78, 5) is 13.9. The van der Waals surface area contributed by atoms with Crippen LogP contribution in [-0.2, 0) is 0 Å². The van der Waals surface area contributed by atoms with E-state index in [1.165, 1.54) is 12.1 Å². The smallest absolute Gasteiger partial charge is 0.255 e. The van der Waals surface area contributed by atoms with Crippen LogP contribution in [0.15, 0.2) is 18.2 Å². The third-order valence-electron chi connectivity index (χ3n) is 2.30. The van der Waals surface area contributed by atoms with E-state index in [2.05, 4.69) is 15.9 Å². The van der Waals surface area contributed by atoms with E-state index in [4.69, 9.17) is 11.6 Å². The highest BCUT2D eigenvalue weighted by Gasteiger charge is 2.17. The Balaban J connectivity index is 2.92. The van der Waals surface area contributed by atoms with Crippen LogP contribution >= 0.6 is 27.5 Å². The highest BCUT2D eigenvalue weighted by molar-refractivity contribution is 9.09. The van der Waals surface area contributed by atoms with Crippen molar-refractivity contribution in [2.24, 2.45) is 0 Å². The zero-order valence-electron chi connectivity index (χ0n) is 9.55. The SMILES string of the molecule is CCCN(CCBr)C(=O)c1ccc(F)cc1Cl. The predicted molar refractivity (Wildman–Crippen MR) is 71.4 cm³/mol. The van der Waals surface area contributed by atoms with E-state index >= 15 is 0 Å². The van der Waals surface area contributed by atoms with E-state index in [1.54, 1.807) is 4.90 Å². The minimum atomic E-state index is -0.436. The van der Waals surface area contributed by atoms with Crippen molar-refractivity contribution in [2.75, 3.05) is 18.4 Å². The van der Waals surface area contributed by atoms with E-state index in [-0.39, 0.29) is 10.9 Å². The average Bonchev–Trinajstić information content (AvgIpc) is 2.28. The minimum absolute atomic E-state index is 0.156. The van der Waals surface area contributed by atoms with E-state index in [9.17, 15) is 9.18 Å². The third-order valence-corrected chi connectivity index (χ3v) is 2.96. The highest BCUT2D eigenvalue weighted by atomic mass is 79.9. The minimum Gasteiger partial charge on any atom is -0.338 e. The van der Waals surface area contributed by atoms with Crippen molar-refractivity contribution >= 4 is 33.4 Å². The molecule has 5 heteroatoms. The summed E-state index contributed by atoms with van der Waals surface area (Å²) in [6, 6.07) is 3.83. The topological polar surface area (TPSA) is 20.3 Å². The Morgan fingerprint density at radius 2 is 2.18 bits per heavy atom. The Labute approximate surface area is 114 Å². The molecule has 94 valence electrons. The number of hydrogen-bond acceptors (Lipinski definition) is 1. The molecular weight excluding hydrogens is 308 g/mol. The van der Waals surface area contributed by atoms with Crippen molar-refractivity contribution in [1.29, 1.82) is 0 Å². The van der Waals surface area contributed by atoms with Gasteiger partial charge >= 0.3 is 0 Å². The molecule has 0 saturated carbocycles. The molecule has 0 unspecified atom stereocenters. The monoisotopic (exact) mass is 321 g/mol. The number of rotatable bonds is 5. The Hall–Kier alpha value is -0.610. The molecule has 0 radical (unpaired) electrons. The zero-order chi connectivity index (χ0) is 12.8. The maximum atomic E-state index is 12.9. The molecule has 1 amide bonds. The van der Waals surface area contributed by atoms with Crippen LogP contribution in [-0.4, -0.2) is 29.2 Å². The maximum Gasteiger partial charge on any atom is 0.255 e. The van der Waals surface area contributed by atoms with Crippen LogP contribution < -0.4 is 0 Å². The number of hydrogen-bond donors (Lipinski definition) is 0. The Kier molecular flexibility index (Phi) is 5.92. The molecule has 0 aliphatic carbocycles. The maximum absolute atomic E-state index is 12.9. The molecule has 0 atom stereocenters. The number of carbonyl (C=O) groups is 1. The van der Waals surface area contributed by atoms with Gasteiger partial charge in [0.15, 0.2) is 0 Å². The molecule has 1 aromatic rings. The largest absolute Gasteiger partial charge is 0.338 e. The quantitative estimate of drug-likeness (QED) is 0.757. The predicted octanol–water partition coefficient (Wildman–Crippen LogP) is 3.73. The standard InChI is InChI=1S/C12H14BrClFNO/c1-2-6-16(7-5-13)12(17)10-4-3-9(15)8-11(10)14/h3-4,8H,2,5-7H2,1H3. The molecule has 1 aromatic carbocycles. The number of alkyl halides is 1. The molecule has 17 heavy (non-hydrogen) atoms. The molecule has 0 fully saturated rings. The number of nitrogens with zero attached hydrogens (tertiary/aromatic N) is 1. The first-order valence-corrected chi connectivity index (χ1v) is 6.90. The third kappa shape index (κ3) is 3.96. The lowest BCUT2D eigenvalue weighted by atomic mass is 10.2. The molecular formula is C12H14BrClFNO. The Morgan fingerprint density at radius 3 is 2.71 bits per heavy atom. The molecule has 0 N–H and O–H groups in total. The van der Waals surface area contributed by atoms with Gasteiger partial charge in [-0.3, -0.25) is 4.79 Å². The van der Waals surface area contributed by atoms with Gasteiger partial charge in [-0.25, -0.2) is 4.39 Å². The summed E-state index contributed by atoms with van der Waals surface area (Å²) < 4.78 is 12.9. The van der Waals surface area contributed by atoms with Gasteiger partial charge in [0.1, 0.15) is 5.82 Å². The summed E-state index contributed by atoms with van der Waals surface area (Å²) in [6.45, 7) is 3.28. The second-order valence-corrected chi connectivity index (χ2v) is 4.81. The fourth-order valence-corrected chi connectivity index (χ4v) is 2.20. The van der Waals surface area contributed by atoms with Gasteiger partial charge in [-0.15, -0.1) is 0 Å². The van der Waals surface area contributed by atoms with E-state index in [1.807, 2.05) is 6.92 Å². The number of amides is 1. The lowest BCUT2D eigenvalue weighted by molar-refractivity contribution is 0.0766. The van der Waals surface area contributed by atoms with Crippen molar-refractivity contribution in [3.05, 3.63) is 34.6 Å². The van der Waals surface area contributed by atoms with Crippen LogP contribution in [0.25, 0.3) is 0 Å². The average molecular weight is 323 g/mol. The second-order valence-electron chi connectivity index (χ2n) is 3.61. The van der Waals surface area contributed by atoms with Gasteiger partial charge < -0.3 is 4.90 Å². The molecule has 0 spiro atoms. The fourth-order valence-electron chi connectivity index (χ4n) is 1.52. The van der Waals surface area contributed by atoms with Gasteiger partial charge in [0.2, 0.25) is 0 Å². The summed E-state index contributed by atoms with van der Waals surface area (Å²) in [7, 11) is 0. The first-order chi connectivity index (χ1) is 8.10. The summed E-state index contributed by atoms with van der Waals surface area (Å²) in [6.07, 6.45) is 0.873. The van der Waals surface area contributed by atoms with Crippen LogP contribution in [0.1, 0.15) is 23.7 Å². The normalized spacial score (nSPS) is 10.4. The van der Waals surface area contributed by atoms with Gasteiger partial charge in [0.05, 0.1) is 10.6 Å². The van der Waals surface area contributed by atoms with Crippen molar-refractivity contribution < 1.29 is 9.18 Å². The Bertz CT molecular complexity index is 394. The lowest BCUT2D eigenvalue weighted by Gasteiger charge is -2.21. The van der Waals surface area contributed by atoms with E-state index in [0.717, 1.165) is 12.5 Å². The molecule has 0 aliphatic rings. The van der Waals surface area contributed by atoms with Crippen LogP contribution in [0.4, 0.5) is 4.39 Å². The number of halogens is 3. The molecule has 0 aromatic heterocycles. The number of carbonyl (C=O) groups excluding carboxylic acids is 1. The summed E-state index contributed by atoms with van der Waals surface area (Å²) in [5.74, 6) is -0.592. The van der Waals surface area contributed by atoms with Gasteiger partial charge in [-0.1, -0.05) is 34.5 Å². The zero-order valence-corrected chi connectivity index (χ0v) is 11.9.